The van der Waals surface area contributed by atoms with Crippen molar-refractivity contribution in [1.29, 1.82) is 0 Å². The highest BCUT2D eigenvalue weighted by Gasteiger charge is 2.27. The lowest BCUT2D eigenvalue weighted by Gasteiger charge is -2.35. The van der Waals surface area contributed by atoms with E-state index in [1.165, 1.54) is 17.4 Å². The quantitative estimate of drug-likeness (QED) is 0.521. The van der Waals surface area contributed by atoms with Crippen molar-refractivity contribution < 1.29 is 4.79 Å². The van der Waals surface area contributed by atoms with E-state index in [1.54, 1.807) is 0 Å². The number of aliphatic imine (C=N–C) groups is 1. The highest BCUT2D eigenvalue weighted by Crippen LogP contribution is 2.31. The molecule has 0 spiro atoms. The van der Waals surface area contributed by atoms with E-state index in [9.17, 15) is 4.79 Å². The second kappa shape index (κ2) is 9.47. The predicted molar refractivity (Wildman–Crippen MR) is 142 cm³/mol. The number of carbonyl (C=O) groups is 1. The van der Waals surface area contributed by atoms with Crippen LogP contribution in [0.3, 0.4) is 0 Å². The van der Waals surface area contributed by atoms with E-state index >= 15 is 0 Å². The van der Waals surface area contributed by atoms with Gasteiger partial charge in [0.1, 0.15) is 0 Å². The van der Waals surface area contributed by atoms with Crippen LogP contribution in [-0.2, 0) is 4.79 Å². The minimum atomic E-state index is -0.181. The number of thioether (sulfide) groups is 1. The van der Waals surface area contributed by atoms with Crippen LogP contribution in [0.2, 0.25) is 0 Å². The molecule has 5 heterocycles. The van der Waals surface area contributed by atoms with Crippen LogP contribution in [0.5, 0.6) is 0 Å². The molecule has 0 atom stereocenters. The minimum absolute atomic E-state index is 0.181. The molecule has 2 fully saturated rings. The number of fused-ring (bicyclic) bond motifs is 1. The Morgan fingerprint density at radius 2 is 1.71 bits per heavy atom. The van der Waals surface area contributed by atoms with E-state index in [0.717, 1.165) is 86.4 Å². The molecule has 3 aliphatic heterocycles. The van der Waals surface area contributed by atoms with Gasteiger partial charge in [0.25, 0.3) is 5.91 Å². The summed E-state index contributed by atoms with van der Waals surface area (Å²) in [6.07, 6.45) is 6.01. The van der Waals surface area contributed by atoms with Crippen molar-refractivity contribution in [3.05, 3.63) is 53.2 Å². The lowest BCUT2D eigenvalue weighted by atomic mass is 10.1. The van der Waals surface area contributed by atoms with Gasteiger partial charge in [-0.1, -0.05) is 19.1 Å². The van der Waals surface area contributed by atoms with Crippen LogP contribution in [0.1, 0.15) is 25.5 Å². The van der Waals surface area contributed by atoms with Crippen LogP contribution >= 0.6 is 11.8 Å². The molecule has 0 unspecified atom stereocenters. The summed E-state index contributed by atoms with van der Waals surface area (Å²) < 4.78 is 1.85. The van der Waals surface area contributed by atoms with Gasteiger partial charge in [0.15, 0.2) is 10.8 Å². The Morgan fingerprint density at radius 3 is 2.46 bits per heavy atom. The van der Waals surface area contributed by atoms with Crippen molar-refractivity contribution in [2.75, 3.05) is 50.7 Å². The smallest absolute Gasteiger partial charge is 0.286 e. The maximum absolute atomic E-state index is 12.5. The van der Waals surface area contributed by atoms with Gasteiger partial charge < -0.3 is 14.7 Å². The number of likely N-dealkylation sites (tertiary alicyclic amines) is 1. The normalized spacial score (nSPS) is 20.4. The van der Waals surface area contributed by atoms with Gasteiger partial charge in [0, 0.05) is 50.5 Å². The topological polar surface area (TPSA) is 69.3 Å². The SMILES string of the molecule is CCN1CCN(c2ccc(-c3cnc4ccc(C=C5SC(N6CCCC6)=NC5=O)nn34)cc2)CC1. The number of nitrogens with zero attached hydrogens (tertiary/aromatic N) is 7. The molecule has 2 aromatic heterocycles. The molecule has 8 nitrogen and oxygen atoms in total. The van der Waals surface area contributed by atoms with Crippen molar-refractivity contribution in [2.24, 2.45) is 4.99 Å². The van der Waals surface area contributed by atoms with Gasteiger partial charge in [-0.25, -0.2) is 9.50 Å². The fraction of sp³-hybridized carbons (Fsp3) is 0.385. The Labute approximate surface area is 209 Å². The molecule has 0 N–H and O–H groups in total. The Balaban J connectivity index is 1.22. The molecule has 3 aliphatic rings. The molecule has 0 saturated carbocycles. The number of piperazine rings is 1. The number of imidazole rings is 1. The molecule has 0 radical (unpaired) electrons. The van der Waals surface area contributed by atoms with Crippen molar-refractivity contribution in [3.8, 4) is 11.3 Å². The van der Waals surface area contributed by atoms with Crippen LogP contribution in [0.15, 0.2) is 52.5 Å². The first-order valence-corrected chi connectivity index (χ1v) is 13.2. The number of aromatic nitrogens is 3. The van der Waals surface area contributed by atoms with Crippen molar-refractivity contribution in [1.82, 2.24) is 24.4 Å². The molecule has 1 aromatic carbocycles. The third-order valence-corrected chi connectivity index (χ3v) is 8.04. The van der Waals surface area contributed by atoms with E-state index < -0.39 is 0 Å². The maximum atomic E-state index is 12.5. The van der Waals surface area contributed by atoms with Gasteiger partial charge in [-0.05, 0) is 61.5 Å². The molecule has 6 rings (SSSR count). The zero-order valence-corrected chi connectivity index (χ0v) is 20.7. The van der Waals surface area contributed by atoms with Crippen molar-refractivity contribution in [3.63, 3.8) is 0 Å². The summed E-state index contributed by atoms with van der Waals surface area (Å²) >= 11 is 1.45. The molecule has 2 saturated heterocycles. The third kappa shape index (κ3) is 4.46. The molecular formula is C26H29N7OS. The number of anilines is 1. The van der Waals surface area contributed by atoms with E-state index in [4.69, 9.17) is 5.10 Å². The number of carbonyl (C=O) groups excluding carboxylic acids is 1. The number of likely N-dealkylation sites (N-methyl/N-ethyl adjacent to an activating group) is 1. The first-order chi connectivity index (χ1) is 17.2. The Morgan fingerprint density at radius 1 is 0.943 bits per heavy atom. The number of hydrogen-bond donors (Lipinski definition) is 0. The van der Waals surface area contributed by atoms with Gasteiger partial charge in [-0.15, -0.1) is 0 Å². The summed E-state index contributed by atoms with van der Waals surface area (Å²) in [5.74, 6) is -0.181. The van der Waals surface area contributed by atoms with Crippen LogP contribution in [0.25, 0.3) is 23.0 Å². The monoisotopic (exact) mass is 487 g/mol. The van der Waals surface area contributed by atoms with Crippen LogP contribution in [0, 0.1) is 0 Å². The summed E-state index contributed by atoms with van der Waals surface area (Å²) in [6.45, 7) is 9.63. The Kier molecular flexibility index (Phi) is 6.03. The molecule has 180 valence electrons. The number of amidine groups is 1. The highest BCUT2D eigenvalue weighted by molar-refractivity contribution is 8.18. The van der Waals surface area contributed by atoms with Gasteiger partial charge in [-0.2, -0.15) is 10.1 Å². The number of benzene rings is 1. The molecule has 1 amide bonds. The van der Waals surface area contributed by atoms with E-state index in [0.29, 0.717) is 4.91 Å². The zero-order valence-electron chi connectivity index (χ0n) is 19.9. The van der Waals surface area contributed by atoms with Crippen molar-refractivity contribution in [2.45, 2.75) is 19.8 Å². The van der Waals surface area contributed by atoms with E-state index in [-0.39, 0.29) is 5.91 Å². The molecule has 3 aromatic rings. The summed E-state index contributed by atoms with van der Waals surface area (Å²) in [6, 6.07) is 12.5. The van der Waals surface area contributed by atoms with Crippen LogP contribution in [0.4, 0.5) is 5.69 Å². The van der Waals surface area contributed by atoms with Gasteiger partial charge >= 0.3 is 0 Å². The lowest BCUT2D eigenvalue weighted by Crippen LogP contribution is -2.46. The van der Waals surface area contributed by atoms with Gasteiger partial charge in [-0.3, -0.25) is 4.79 Å². The fourth-order valence-corrected chi connectivity index (χ4v) is 5.85. The lowest BCUT2D eigenvalue weighted by molar-refractivity contribution is -0.113. The van der Waals surface area contributed by atoms with Crippen molar-refractivity contribution >= 4 is 40.2 Å². The second-order valence-corrected chi connectivity index (χ2v) is 10.2. The highest BCUT2D eigenvalue weighted by atomic mass is 32.2. The number of hydrogen-bond acceptors (Lipinski definition) is 7. The van der Waals surface area contributed by atoms with E-state index in [1.807, 2.05) is 28.9 Å². The summed E-state index contributed by atoms with van der Waals surface area (Å²) in [5.41, 5.74) is 4.75. The molecule has 35 heavy (non-hydrogen) atoms. The minimum Gasteiger partial charge on any atom is -0.369 e. The molecular weight excluding hydrogens is 458 g/mol. The third-order valence-electron chi connectivity index (χ3n) is 7.00. The van der Waals surface area contributed by atoms with E-state index in [2.05, 4.69) is 55.9 Å². The first kappa shape index (κ1) is 22.3. The molecule has 0 bridgehead atoms. The zero-order chi connectivity index (χ0) is 23.8. The first-order valence-electron chi connectivity index (χ1n) is 12.4. The number of rotatable bonds is 4. The standard InChI is InChI=1S/C26H29N7OS/c1-2-30-13-15-31(16-14-30)21-8-5-19(6-9-21)22-18-27-24-10-7-20(29-33(22)24)17-23-25(34)28-26(35-23)32-11-3-4-12-32/h5-10,17-18H,2-4,11-16H2,1H3. The average molecular weight is 488 g/mol. The van der Waals surface area contributed by atoms with Gasteiger partial charge in [0.2, 0.25) is 0 Å². The predicted octanol–water partition coefficient (Wildman–Crippen LogP) is 3.60. The number of amides is 1. The fourth-order valence-electron chi connectivity index (χ4n) is 4.90. The van der Waals surface area contributed by atoms with Crippen LogP contribution in [-0.4, -0.2) is 81.3 Å². The maximum Gasteiger partial charge on any atom is 0.286 e. The summed E-state index contributed by atoms with van der Waals surface area (Å²) in [7, 11) is 0. The largest absolute Gasteiger partial charge is 0.369 e. The second-order valence-electron chi connectivity index (χ2n) is 9.14. The Bertz CT molecular complexity index is 1300. The van der Waals surface area contributed by atoms with Gasteiger partial charge in [0.05, 0.1) is 22.5 Å². The summed E-state index contributed by atoms with van der Waals surface area (Å²) in [4.78, 5) is 29.0. The molecule has 9 heteroatoms. The average Bonchev–Trinajstić information content (AvgIpc) is 3.65. The summed E-state index contributed by atoms with van der Waals surface area (Å²) in [5, 5.41) is 5.61. The molecule has 0 aliphatic carbocycles. The van der Waals surface area contributed by atoms with Crippen LogP contribution < -0.4 is 4.90 Å². The Hall–Kier alpha value is -3.17.